The molecule has 2 rings (SSSR count). The number of halogens is 1. The van der Waals surface area contributed by atoms with Gasteiger partial charge in [0.15, 0.2) is 0 Å². The summed E-state index contributed by atoms with van der Waals surface area (Å²) in [5.41, 5.74) is -0.382. The van der Waals surface area contributed by atoms with Crippen molar-refractivity contribution in [2.45, 2.75) is 17.9 Å². The molecule has 1 saturated heterocycles. The Labute approximate surface area is 126 Å². The summed E-state index contributed by atoms with van der Waals surface area (Å²) < 4.78 is 18.6. The van der Waals surface area contributed by atoms with E-state index >= 15 is 0 Å². The van der Waals surface area contributed by atoms with Crippen LogP contribution in [0.2, 0.25) is 0 Å². The number of benzene rings is 1. The molecule has 1 aliphatic rings. The van der Waals surface area contributed by atoms with Crippen LogP contribution in [0.5, 0.6) is 0 Å². The Morgan fingerprint density at radius 3 is 2.95 bits per heavy atom. The fourth-order valence-electron chi connectivity index (χ4n) is 2.04. The number of morpholine rings is 1. The third-order valence-corrected chi connectivity index (χ3v) is 4.10. The molecule has 7 heteroatoms. The number of carboxylic acids is 1. The third-order valence-electron chi connectivity index (χ3n) is 3.12. The second-order valence-electron chi connectivity index (χ2n) is 4.76. The van der Waals surface area contributed by atoms with Gasteiger partial charge in [-0.1, -0.05) is 0 Å². The molecule has 1 amide bonds. The van der Waals surface area contributed by atoms with E-state index in [4.69, 9.17) is 9.84 Å². The molecule has 0 spiro atoms. The highest BCUT2D eigenvalue weighted by molar-refractivity contribution is 8.00. The fraction of sp³-hybridized carbons (Fsp3) is 0.429. The normalized spacial score (nSPS) is 18.6. The van der Waals surface area contributed by atoms with Gasteiger partial charge in [-0.2, -0.15) is 0 Å². The maximum atomic E-state index is 13.3. The highest BCUT2D eigenvalue weighted by atomic mass is 32.2. The minimum atomic E-state index is -1.32. The summed E-state index contributed by atoms with van der Waals surface area (Å²) in [5.74, 6) is -1.93. The number of carbonyl (C=O) groups is 2. The number of aromatic carboxylic acids is 1. The number of hydrogen-bond acceptors (Lipinski definition) is 4. The summed E-state index contributed by atoms with van der Waals surface area (Å²) in [6.45, 7) is 3.56. The summed E-state index contributed by atoms with van der Waals surface area (Å²) in [4.78, 5) is 25.2. The van der Waals surface area contributed by atoms with Gasteiger partial charge in [0, 0.05) is 18.0 Å². The third kappa shape index (κ3) is 4.18. The van der Waals surface area contributed by atoms with Gasteiger partial charge in [0.05, 0.1) is 24.0 Å². The van der Waals surface area contributed by atoms with Crippen LogP contribution in [0.3, 0.4) is 0 Å². The molecule has 1 fully saturated rings. The van der Waals surface area contributed by atoms with Gasteiger partial charge < -0.3 is 14.7 Å². The molecule has 1 aliphatic heterocycles. The van der Waals surface area contributed by atoms with Gasteiger partial charge in [-0.25, -0.2) is 9.18 Å². The van der Waals surface area contributed by atoms with E-state index in [-0.39, 0.29) is 23.3 Å². The number of rotatable bonds is 4. The van der Waals surface area contributed by atoms with Gasteiger partial charge in [-0.05, 0) is 25.1 Å². The van der Waals surface area contributed by atoms with Crippen molar-refractivity contribution in [3.8, 4) is 0 Å². The number of ether oxygens (including phenoxy) is 1. The van der Waals surface area contributed by atoms with Crippen LogP contribution >= 0.6 is 11.8 Å². The molecule has 1 heterocycles. The molecular formula is C14H16FNO4S. The van der Waals surface area contributed by atoms with Gasteiger partial charge in [0.1, 0.15) is 5.82 Å². The first-order valence-corrected chi connectivity index (χ1v) is 7.51. The van der Waals surface area contributed by atoms with Crippen LogP contribution in [0.4, 0.5) is 4.39 Å². The lowest BCUT2D eigenvalue weighted by atomic mass is 10.2. The summed E-state index contributed by atoms with van der Waals surface area (Å²) in [6, 6.07) is 3.83. The van der Waals surface area contributed by atoms with E-state index in [1.54, 1.807) is 4.90 Å². The summed E-state index contributed by atoms with van der Waals surface area (Å²) in [7, 11) is 0. The molecule has 1 aromatic rings. The average molecular weight is 313 g/mol. The first kappa shape index (κ1) is 15.8. The van der Waals surface area contributed by atoms with E-state index in [1.807, 2.05) is 6.92 Å². The molecule has 1 unspecified atom stereocenters. The molecule has 21 heavy (non-hydrogen) atoms. The Hall–Kier alpha value is -1.60. The van der Waals surface area contributed by atoms with Gasteiger partial charge in [0.2, 0.25) is 5.91 Å². The largest absolute Gasteiger partial charge is 0.478 e. The number of carboxylic acid groups (broad SMARTS) is 1. The molecule has 5 nitrogen and oxygen atoms in total. The second kappa shape index (κ2) is 6.91. The summed E-state index contributed by atoms with van der Waals surface area (Å²) >= 11 is 1.20. The van der Waals surface area contributed by atoms with Crippen molar-refractivity contribution in [3.63, 3.8) is 0 Å². The average Bonchev–Trinajstić information content (AvgIpc) is 2.45. The van der Waals surface area contributed by atoms with Crippen LogP contribution in [-0.2, 0) is 9.53 Å². The maximum Gasteiger partial charge on any atom is 0.338 e. The molecular weight excluding hydrogens is 297 g/mol. The Bertz CT molecular complexity index is 552. The molecule has 0 bridgehead atoms. The van der Waals surface area contributed by atoms with Gasteiger partial charge in [-0.15, -0.1) is 11.8 Å². The molecule has 0 saturated carbocycles. The van der Waals surface area contributed by atoms with Gasteiger partial charge in [0.25, 0.3) is 0 Å². The molecule has 1 atom stereocenters. The Morgan fingerprint density at radius 1 is 1.52 bits per heavy atom. The van der Waals surface area contributed by atoms with Crippen LogP contribution in [0.15, 0.2) is 23.1 Å². The highest BCUT2D eigenvalue weighted by Crippen LogP contribution is 2.22. The maximum absolute atomic E-state index is 13.3. The van der Waals surface area contributed by atoms with Gasteiger partial charge in [-0.3, -0.25) is 4.79 Å². The number of thioether (sulfide) groups is 1. The van der Waals surface area contributed by atoms with Crippen molar-refractivity contribution in [1.82, 2.24) is 4.90 Å². The zero-order valence-corrected chi connectivity index (χ0v) is 12.4. The highest BCUT2D eigenvalue weighted by Gasteiger charge is 2.21. The van der Waals surface area contributed by atoms with Crippen LogP contribution in [0.25, 0.3) is 0 Å². The zero-order chi connectivity index (χ0) is 15.4. The van der Waals surface area contributed by atoms with Crippen LogP contribution < -0.4 is 0 Å². The van der Waals surface area contributed by atoms with Crippen molar-refractivity contribution in [3.05, 3.63) is 29.6 Å². The zero-order valence-electron chi connectivity index (χ0n) is 11.5. The molecule has 1 aromatic carbocycles. The molecule has 1 N–H and O–H groups in total. The van der Waals surface area contributed by atoms with Crippen molar-refractivity contribution in [2.24, 2.45) is 0 Å². The topological polar surface area (TPSA) is 66.8 Å². The number of nitrogens with zero attached hydrogens (tertiary/aromatic N) is 1. The Kier molecular flexibility index (Phi) is 5.19. The fourth-order valence-corrected chi connectivity index (χ4v) is 2.88. The number of amides is 1. The SMILES string of the molecule is CC1CN(C(=O)CSc2ccc(F)c(C(=O)O)c2)CCO1. The van der Waals surface area contributed by atoms with Crippen molar-refractivity contribution < 1.29 is 23.8 Å². The first-order valence-electron chi connectivity index (χ1n) is 6.52. The van der Waals surface area contributed by atoms with Crippen LogP contribution in [0, 0.1) is 5.82 Å². The Morgan fingerprint density at radius 2 is 2.29 bits per heavy atom. The minimum Gasteiger partial charge on any atom is -0.478 e. The van der Waals surface area contributed by atoms with Crippen molar-refractivity contribution in [1.29, 1.82) is 0 Å². The van der Waals surface area contributed by atoms with Crippen LogP contribution in [0.1, 0.15) is 17.3 Å². The van der Waals surface area contributed by atoms with E-state index in [0.717, 1.165) is 6.07 Å². The first-order chi connectivity index (χ1) is 9.97. The lowest BCUT2D eigenvalue weighted by Crippen LogP contribution is -2.45. The minimum absolute atomic E-state index is 0.0251. The van der Waals surface area contributed by atoms with E-state index in [0.29, 0.717) is 24.6 Å². The quantitative estimate of drug-likeness (QED) is 0.860. The predicted molar refractivity (Wildman–Crippen MR) is 76.1 cm³/mol. The van der Waals surface area contributed by atoms with E-state index < -0.39 is 11.8 Å². The summed E-state index contributed by atoms with van der Waals surface area (Å²) in [5, 5.41) is 8.86. The molecule has 0 radical (unpaired) electrons. The lowest BCUT2D eigenvalue weighted by Gasteiger charge is -2.31. The molecule has 0 aromatic heterocycles. The summed E-state index contributed by atoms with van der Waals surface area (Å²) in [6.07, 6.45) is 0.0251. The van der Waals surface area contributed by atoms with Crippen molar-refractivity contribution in [2.75, 3.05) is 25.4 Å². The van der Waals surface area contributed by atoms with E-state index in [2.05, 4.69) is 0 Å². The van der Waals surface area contributed by atoms with Crippen LogP contribution in [-0.4, -0.2) is 53.4 Å². The van der Waals surface area contributed by atoms with E-state index in [1.165, 1.54) is 23.9 Å². The standard InChI is InChI=1S/C14H16FNO4S/c1-9-7-16(4-5-20-9)13(17)8-21-10-2-3-12(15)11(6-10)14(18)19/h2-3,6,9H,4-5,7-8H2,1H3,(H,18,19). The molecule has 114 valence electrons. The number of carbonyl (C=O) groups excluding carboxylic acids is 1. The monoisotopic (exact) mass is 313 g/mol. The second-order valence-corrected chi connectivity index (χ2v) is 5.81. The number of hydrogen-bond donors (Lipinski definition) is 1. The van der Waals surface area contributed by atoms with Crippen molar-refractivity contribution >= 4 is 23.6 Å². The van der Waals surface area contributed by atoms with Gasteiger partial charge >= 0.3 is 5.97 Å². The van der Waals surface area contributed by atoms with E-state index in [9.17, 15) is 14.0 Å². The smallest absolute Gasteiger partial charge is 0.338 e. The Balaban J connectivity index is 1.95. The molecule has 0 aliphatic carbocycles. The predicted octanol–water partition coefficient (Wildman–Crippen LogP) is 1.86. The lowest BCUT2D eigenvalue weighted by molar-refractivity contribution is -0.135.